The highest BCUT2D eigenvalue weighted by atomic mass is 32.1. The number of methoxy groups -OCH3 is 1. The smallest absolute Gasteiger partial charge is 0.303 e. The summed E-state index contributed by atoms with van der Waals surface area (Å²) in [6.07, 6.45) is -0.230. The number of nitrogens with two attached hydrogens (primary N) is 1. The molecular weight excluding hydrogens is 320 g/mol. The number of oxazole rings is 1. The molecule has 1 aromatic carbocycles. The molecule has 8 heteroatoms. The summed E-state index contributed by atoms with van der Waals surface area (Å²) in [6.45, 7) is 1.81. The number of nitrogen functional groups attached to an aromatic ring is 1. The Kier molecular flexibility index (Phi) is 3.69. The van der Waals surface area contributed by atoms with Crippen LogP contribution in [0.25, 0.3) is 21.2 Å². The number of carbonyl (C=O) groups excluding carboxylic acids is 1. The fourth-order valence-corrected chi connectivity index (χ4v) is 3.75. The lowest BCUT2D eigenvalue weighted by Crippen LogP contribution is -2.03. The van der Waals surface area contributed by atoms with Crippen LogP contribution in [0.5, 0.6) is 5.75 Å². The van der Waals surface area contributed by atoms with Crippen LogP contribution in [0.2, 0.25) is 0 Å². The van der Waals surface area contributed by atoms with Crippen LogP contribution < -0.4 is 10.5 Å². The molecule has 0 atom stereocenters. The van der Waals surface area contributed by atoms with Gasteiger partial charge in [-0.3, -0.25) is 9.59 Å². The van der Waals surface area contributed by atoms with Crippen LogP contribution >= 0.6 is 11.3 Å². The summed E-state index contributed by atoms with van der Waals surface area (Å²) in [7, 11) is 1.51. The molecule has 2 aromatic heterocycles. The fourth-order valence-electron chi connectivity index (χ4n) is 2.54. The second-order valence-corrected chi connectivity index (χ2v) is 6.11. The first kappa shape index (κ1) is 15.3. The minimum absolute atomic E-state index is 0.0233. The molecule has 0 saturated carbocycles. The van der Waals surface area contributed by atoms with Crippen LogP contribution in [0.3, 0.4) is 0 Å². The largest absolute Gasteiger partial charge is 0.493 e. The number of nitrogens with zero attached hydrogens (tertiary/aromatic N) is 1. The zero-order valence-electron chi connectivity index (χ0n) is 12.5. The van der Waals surface area contributed by atoms with Crippen molar-refractivity contribution in [1.29, 1.82) is 0 Å². The predicted molar refractivity (Wildman–Crippen MR) is 86.3 cm³/mol. The van der Waals surface area contributed by atoms with Gasteiger partial charge in [-0.05, 0) is 12.5 Å². The van der Waals surface area contributed by atoms with Gasteiger partial charge in [-0.2, -0.15) is 4.98 Å². The van der Waals surface area contributed by atoms with Crippen molar-refractivity contribution in [3.05, 3.63) is 16.5 Å². The average Bonchev–Trinajstić information content (AvgIpc) is 3.03. The first-order valence-corrected chi connectivity index (χ1v) is 7.65. The van der Waals surface area contributed by atoms with E-state index in [9.17, 15) is 9.59 Å². The topological polar surface area (TPSA) is 116 Å². The summed E-state index contributed by atoms with van der Waals surface area (Å²) in [5, 5.41) is 9.51. The zero-order valence-corrected chi connectivity index (χ0v) is 13.3. The number of hydrogen-bond donors (Lipinski definition) is 2. The molecule has 0 bridgehead atoms. The molecular formula is C15H14N2O5S. The first-order chi connectivity index (χ1) is 10.9. The zero-order chi connectivity index (χ0) is 16.7. The van der Waals surface area contributed by atoms with Crippen LogP contribution in [-0.4, -0.2) is 29.0 Å². The molecule has 3 aromatic rings. The standard InChI is InChI=1S/C15H14N2O5S/c1-6-11-9(23-14(6)7(18)3-4-10(19)20)5-8(21-2)13-12(11)17-15(16)22-13/h5H,3-4H2,1-2H3,(H2,16,17)(H,19,20). The number of aliphatic carboxylic acids is 1. The van der Waals surface area contributed by atoms with Crippen molar-refractivity contribution >= 4 is 50.3 Å². The highest BCUT2D eigenvalue weighted by Gasteiger charge is 2.22. The molecule has 0 fully saturated rings. The van der Waals surface area contributed by atoms with Crippen molar-refractivity contribution in [2.24, 2.45) is 0 Å². The van der Waals surface area contributed by atoms with E-state index in [0.717, 1.165) is 15.6 Å². The molecule has 7 nitrogen and oxygen atoms in total. The summed E-state index contributed by atoms with van der Waals surface area (Å²) < 4.78 is 11.5. The van der Waals surface area contributed by atoms with Gasteiger partial charge >= 0.3 is 5.97 Å². The van der Waals surface area contributed by atoms with E-state index < -0.39 is 5.97 Å². The fraction of sp³-hybridized carbons (Fsp3) is 0.267. The quantitative estimate of drug-likeness (QED) is 0.689. The molecule has 120 valence electrons. The molecule has 23 heavy (non-hydrogen) atoms. The van der Waals surface area contributed by atoms with Crippen molar-refractivity contribution in [2.45, 2.75) is 19.8 Å². The second kappa shape index (κ2) is 5.54. The summed E-state index contributed by atoms with van der Waals surface area (Å²) in [6, 6.07) is 1.80. The number of hydrogen-bond acceptors (Lipinski definition) is 7. The third-order valence-electron chi connectivity index (χ3n) is 3.58. The normalized spacial score (nSPS) is 11.2. The Labute approximate surface area is 134 Å². The lowest BCUT2D eigenvalue weighted by Gasteiger charge is -2.01. The van der Waals surface area contributed by atoms with Gasteiger partial charge in [-0.25, -0.2) is 0 Å². The second-order valence-electron chi connectivity index (χ2n) is 5.05. The molecule has 0 aliphatic rings. The third kappa shape index (κ3) is 2.50. The number of benzene rings is 1. The number of aryl methyl sites for hydroxylation is 1. The van der Waals surface area contributed by atoms with Crippen molar-refractivity contribution in [3.8, 4) is 5.75 Å². The van der Waals surface area contributed by atoms with E-state index in [2.05, 4.69) is 4.98 Å². The molecule has 2 heterocycles. The minimum atomic E-state index is -0.995. The summed E-state index contributed by atoms with van der Waals surface area (Å²) in [5.41, 5.74) is 7.37. The van der Waals surface area contributed by atoms with E-state index in [0.29, 0.717) is 21.7 Å². The molecule has 0 saturated heterocycles. The maximum Gasteiger partial charge on any atom is 0.303 e. The SMILES string of the molecule is COc1cc2sc(C(=O)CCC(=O)O)c(C)c2c2nc(N)oc12. The Balaban J connectivity index is 2.20. The number of carbonyl (C=O) groups is 2. The number of ketones is 1. The molecule has 0 spiro atoms. The molecule has 0 aliphatic heterocycles. The van der Waals surface area contributed by atoms with Gasteiger partial charge in [0, 0.05) is 22.6 Å². The minimum Gasteiger partial charge on any atom is -0.493 e. The number of aromatic nitrogens is 1. The van der Waals surface area contributed by atoms with Crippen molar-refractivity contribution in [3.63, 3.8) is 0 Å². The maximum atomic E-state index is 12.3. The number of anilines is 1. The van der Waals surface area contributed by atoms with Crippen LogP contribution in [0.4, 0.5) is 6.01 Å². The van der Waals surface area contributed by atoms with Crippen LogP contribution in [-0.2, 0) is 4.79 Å². The number of rotatable bonds is 5. The number of carboxylic acid groups (broad SMARTS) is 1. The van der Waals surface area contributed by atoms with Gasteiger partial charge in [0.2, 0.25) is 0 Å². The van der Waals surface area contributed by atoms with Gasteiger partial charge in [-0.15, -0.1) is 11.3 Å². The van der Waals surface area contributed by atoms with E-state index >= 15 is 0 Å². The lowest BCUT2D eigenvalue weighted by molar-refractivity contribution is -0.136. The summed E-state index contributed by atoms with van der Waals surface area (Å²) in [4.78, 5) is 27.6. The van der Waals surface area contributed by atoms with Gasteiger partial charge in [0.25, 0.3) is 6.01 Å². The monoisotopic (exact) mass is 334 g/mol. The molecule has 0 amide bonds. The highest BCUT2D eigenvalue weighted by Crippen LogP contribution is 2.41. The van der Waals surface area contributed by atoms with Gasteiger partial charge in [-0.1, -0.05) is 0 Å². The lowest BCUT2D eigenvalue weighted by atomic mass is 10.1. The first-order valence-electron chi connectivity index (χ1n) is 6.83. The maximum absolute atomic E-state index is 12.3. The number of fused-ring (bicyclic) bond motifs is 3. The Hall–Kier alpha value is -2.61. The van der Waals surface area contributed by atoms with Crippen molar-refractivity contribution in [2.75, 3.05) is 12.8 Å². The summed E-state index contributed by atoms with van der Waals surface area (Å²) in [5.74, 6) is -0.706. The molecule has 3 rings (SSSR count). The van der Waals surface area contributed by atoms with E-state index in [1.807, 2.05) is 6.92 Å². The van der Waals surface area contributed by atoms with Gasteiger partial charge in [0.15, 0.2) is 17.1 Å². The Bertz CT molecular complexity index is 941. The molecule has 0 unspecified atom stereocenters. The van der Waals surface area contributed by atoms with Crippen molar-refractivity contribution in [1.82, 2.24) is 4.98 Å². The van der Waals surface area contributed by atoms with E-state index in [4.69, 9.17) is 20.0 Å². The van der Waals surface area contributed by atoms with Gasteiger partial charge in [0.05, 0.1) is 18.4 Å². The van der Waals surface area contributed by atoms with Gasteiger partial charge < -0.3 is 20.0 Å². The van der Waals surface area contributed by atoms with Crippen LogP contribution in [0, 0.1) is 6.92 Å². The number of ether oxygens (including phenoxy) is 1. The van der Waals surface area contributed by atoms with Crippen molar-refractivity contribution < 1.29 is 23.8 Å². The molecule has 0 radical (unpaired) electrons. The summed E-state index contributed by atoms with van der Waals surface area (Å²) >= 11 is 1.29. The number of Topliss-reactive ketones (excluding diaryl/α,β-unsaturated/α-hetero) is 1. The highest BCUT2D eigenvalue weighted by molar-refractivity contribution is 7.21. The van der Waals surface area contributed by atoms with Crippen LogP contribution in [0.15, 0.2) is 10.5 Å². The third-order valence-corrected chi connectivity index (χ3v) is 4.86. The number of carboxylic acids is 1. The number of thiophene rings is 1. The van der Waals surface area contributed by atoms with E-state index in [1.54, 1.807) is 6.07 Å². The van der Waals surface area contributed by atoms with E-state index in [1.165, 1.54) is 18.4 Å². The van der Waals surface area contributed by atoms with Crippen LogP contribution in [0.1, 0.15) is 28.1 Å². The Morgan fingerprint density at radius 3 is 2.83 bits per heavy atom. The predicted octanol–water partition coefficient (Wildman–Crippen LogP) is 2.99. The Morgan fingerprint density at radius 2 is 2.17 bits per heavy atom. The molecule has 3 N–H and O–H groups in total. The van der Waals surface area contributed by atoms with Gasteiger partial charge in [0.1, 0.15) is 5.52 Å². The Morgan fingerprint density at radius 1 is 1.43 bits per heavy atom. The molecule has 0 aliphatic carbocycles. The average molecular weight is 334 g/mol. The van der Waals surface area contributed by atoms with E-state index in [-0.39, 0.29) is 24.6 Å².